The Morgan fingerprint density at radius 2 is 2.00 bits per heavy atom. The van der Waals surface area contributed by atoms with Gasteiger partial charge >= 0.3 is 0 Å². The zero-order valence-electron chi connectivity index (χ0n) is 14.5. The number of carbonyl (C=O) groups excluding carboxylic acids is 1. The van der Waals surface area contributed by atoms with Gasteiger partial charge in [0.2, 0.25) is 5.91 Å². The predicted octanol–water partition coefficient (Wildman–Crippen LogP) is 3.07. The molecule has 0 saturated carbocycles. The number of non-ortho nitro benzene ring substituents is 1. The third-order valence-corrected chi connectivity index (χ3v) is 3.90. The van der Waals surface area contributed by atoms with E-state index >= 15 is 0 Å². The van der Waals surface area contributed by atoms with Crippen LogP contribution in [-0.4, -0.2) is 42.0 Å². The largest absolute Gasteiger partial charge is 0.492 e. The van der Waals surface area contributed by atoms with Crippen molar-refractivity contribution in [2.75, 3.05) is 25.5 Å². The van der Waals surface area contributed by atoms with Crippen LogP contribution in [0.1, 0.15) is 6.92 Å². The van der Waals surface area contributed by atoms with Crippen molar-refractivity contribution in [1.29, 1.82) is 0 Å². The average Bonchev–Trinajstić information content (AvgIpc) is 2.61. The van der Waals surface area contributed by atoms with Crippen molar-refractivity contribution in [3.63, 3.8) is 0 Å². The van der Waals surface area contributed by atoms with Crippen molar-refractivity contribution in [2.45, 2.75) is 13.0 Å². The number of carbonyl (C=O) groups is 1. The van der Waals surface area contributed by atoms with Crippen molar-refractivity contribution in [1.82, 2.24) is 4.90 Å². The molecule has 0 aromatic heterocycles. The summed E-state index contributed by atoms with van der Waals surface area (Å²) in [6.45, 7) is 2.50. The van der Waals surface area contributed by atoms with Crippen LogP contribution in [0.25, 0.3) is 0 Å². The van der Waals surface area contributed by atoms with Crippen LogP contribution in [0.5, 0.6) is 5.75 Å². The maximum absolute atomic E-state index is 13.1. The van der Waals surface area contributed by atoms with Crippen molar-refractivity contribution in [2.24, 2.45) is 0 Å². The van der Waals surface area contributed by atoms with E-state index in [9.17, 15) is 19.3 Å². The molecule has 1 atom stereocenters. The summed E-state index contributed by atoms with van der Waals surface area (Å²) in [6.07, 6.45) is 0. The van der Waals surface area contributed by atoms with Gasteiger partial charge in [-0.25, -0.2) is 4.39 Å². The zero-order valence-corrected chi connectivity index (χ0v) is 14.5. The molecule has 0 saturated heterocycles. The van der Waals surface area contributed by atoms with E-state index in [0.717, 1.165) is 0 Å². The molecule has 0 fully saturated rings. The van der Waals surface area contributed by atoms with Gasteiger partial charge in [0.05, 0.1) is 11.0 Å². The zero-order chi connectivity index (χ0) is 19.1. The van der Waals surface area contributed by atoms with Crippen LogP contribution in [0.15, 0.2) is 48.5 Å². The third-order valence-electron chi connectivity index (χ3n) is 3.90. The maximum atomic E-state index is 13.1. The summed E-state index contributed by atoms with van der Waals surface area (Å²) in [5.41, 5.74) is 0.444. The molecule has 26 heavy (non-hydrogen) atoms. The summed E-state index contributed by atoms with van der Waals surface area (Å²) in [5, 5.41) is 13.3. The molecule has 0 aliphatic carbocycles. The smallest absolute Gasteiger partial charge is 0.269 e. The predicted molar refractivity (Wildman–Crippen MR) is 95.7 cm³/mol. The fourth-order valence-electron chi connectivity index (χ4n) is 2.17. The fraction of sp³-hybridized carbons (Fsp3) is 0.278. The van der Waals surface area contributed by atoms with Crippen LogP contribution >= 0.6 is 0 Å². The molecule has 0 heterocycles. The molecule has 0 bridgehead atoms. The fourth-order valence-corrected chi connectivity index (χ4v) is 2.17. The monoisotopic (exact) mass is 361 g/mol. The lowest BCUT2D eigenvalue weighted by atomic mass is 10.2. The van der Waals surface area contributed by atoms with Gasteiger partial charge in [0.1, 0.15) is 18.2 Å². The van der Waals surface area contributed by atoms with E-state index in [0.29, 0.717) is 24.6 Å². The summed E-state index contributed by atoms with van der Waals surface area (Å²) in [6, 6.07) is 11.0. The highest BCUT2D eigenvalue weighted by Gasteiger charge is 2.18. The number of likely N-dealkylation sites (N-methyl/N-ethyl adjacent to an activating group) is 1. The van der Waals surface area contributed by atoms with E-state index in [-0.39, 0.29) is 17.4 Å². The normalized spacial score (nSPS) is 11.8. The first kappa shape index (κ1) is 19.3. The highest BCUT2D eigenvalue weighted by molar-refractivity contribution is 5.94. The third kappa shape index (κ3) is 5.52. The van der Waals surface area contributed by atoms with E-state index in [4.69, 9.17) is 4.74 Å². The first-order valence-corrected chi connectivity index (χ1v) is 8.01. The molecule has 1 amide bonds. The molecule has 0 radical (unpaired) electrons. The molecule has 138 valence electrons. The van der Waals surface area contributed by atoms with Crippen molar-refractivity contribution in [3.8, 4) is 5.75 Å². The van der Waals surface area contributed by atoms with Gasteiger partial charge in [-0.1, -0.05) is 6.07 Å². The Hall–Kier alpha value is -3.00. The Labute approximate surface area is 150 Å². The Kier molecular flexibility index (Phi) is 6.62. The van der Waals surface area contributed by atoms with Gasteiger partial charge in [-0.05, 0) is 38.2 Å². The number of hydrogen-bond donors (Lipinski definition) is 1. The average molecular weight is 361 g/mol. The molecule has 8 heteroatoms. The van der Waals surface area contributed by atoms with Crippen molar-refractivity contribution in [3.05, 3.63) is 64.5 Å². The van der Waals surface area contributed by atoms with Gasteiger partial charge in [0.15, 0.2) is 0 Å². The second kappa shape index (κ2) is 8.91. The molecule has 2 rings (SSSR count). The van der Waals surface area contributed by atoms with Gasteiger partial charge < -0.3 is 10.1 Å². The quantitative estimate of drug-likeness (QED) is 0.577. The molecule has 0 aliphatic heterocycles. The van der Waals surface area contributed by atoms with E-state index in [1.54, 1.807) is 31.0 Å². The minimum absolute atomic E-state index is 0.0392. The number of halogens is 1. The van der Waals surface area contributed by atoms with E-state index in [1.165, 1.54) is 36.4 Å². The first-order valence-electron chi connectivity index (χ1n) is 8.01. The lowest BCUT2D eigenvalue weighted by Gasteiger charge is -2.23. The van der Waals surface area contributed by atoms with Crippen LogP contribution in [0.3, 0.4) is 0 Å². The van der Waals surface area contributed by atoms with Crippen LogP contribution in [0.4, 0.5) is 15.8 Å². The highest BCUT2D eigenvalue weighted by Crippen LogP contribution is 2.16. The summed E-state index contributed by atoms with van der Waals surface area (Å²) in [7, 11) is 1.77. The van der Waals surface area contributed by atoms with Crippen LogP contribution in [0, 0.1) is 15.9 Å². The molecule has 0 aliphatic rings. The number of ether oxygens (including phenoxy) is 1. The number of nitro groups is 1. The number of nitrogens with one attached hydrogen (secondary N) is 1. The minimum atomic E-state index is -0.499. The number of nitro benzene ring substituents is 1. The number of rotatable bonds is 8. The summed E-state index contributed by atoms with van der Waals surface area (Å²) < 4.78 is 18.5. The maximum Gasteiger partial charge on any atom is 0.269 e. The Morgan fingerprint density at radius 3 is 2.62 bits per heavy atom. The van der Waals surface area contributed by atoms with Gasteiger partial charge in [-0.3, -0.25) is 19.8 Å². The van der Waals surface area contributed by atoms with Crippen LogP contribution < -0.4 is 10.1 Å². The Balaban J connectivity index is 1.81. The van der Waals surface area contributed by atoms with Crippen molar-refractivity contribution < 1.29 is 18.8 Å². The van der Waals surface area contributed by atoms with Crippen molar-refractivity contribution >= 4 is 17.3 Å². The van der Waals surface area contributed by atoms with Gasteiger partial charge in [0.25, 0.3) is 5.69 Å². The van der Waals surface area contributed by atoms with E-state index in [2.05, 4.69) is 5.32 Å². The summed E-state index contributed by atoms with van der Waals surface area (Å²) in [5.74, 6) is -0.180. The molecule has 0 spiro atoms. The molecular weight excluding hydrogens is 341 g/mol. The topological polar surface area (TPSA) is 84.7 Å². The van der Waals surface area contributed by atoms with E-state index in [1.807, 2.05) is 0 Å². The van der Waals surface area contributed by atoms with Gasteiger partial charge in [-0.2, -0.15) is 0 Å². The lowest BCUT2D eigenvalue weighted by molar-refractivity contribution is -0.384. The Bertz CT molecular complexity index is 767. The van der Waals surface area contributed by atoms with Crippen LogP contribution in [-0.2, 0) is 4.79 Å². The molecule has 1 unspecified atom stereocenters. The lowest BCUT2D eigenvalue weighted by Crippen LogP contribution is -2.41. The minimum Gasteiger partial charge on any atom is -0.492 e. The SMILES string of the molecule is CC(C(=O)Nc1ccc([N+](=O)[O-])cc1)N(C)CCOc1cccc(F)c1. The first-order chi connectivity index (χ1) is 12.4. The van der Waals surface area contributed by atoms with Gasteiger partial charge in [-0.15, -0.1) is 0 Å². The Morgan fingerprint density at radius 1 is 1.31 bits per heavy atom. The van der Waals surface area contributed by atoms with Gasteiger partial charge in [0, 0.05) is 30.4 Å². The standard InChI is InChI=1S/C18H20FN3O4/c1-13(18(23)20-15-6-8-16(9-7-15)22(24)25)21(2)10-11-26-17-5-3-4-14(19)12-17/h3-9,12-13H,10-11H2,1-2H3,(H,20,23). The molecular formula is C18H20FN3O4. The number of anilines is 1. The number of nitrogens with zero attached hydrogens (tertiary/aromatic N) is 2. The van der Waals surface area contributed by atoms with E-state index < -0.39 is 11.0 Å². The number of benzene rings is 2. The molecule has 1 N–H and O–H groups in total. The molecule has 2 aromatic rings. The second-order valence-electron chi connectivity index (χ2n) is 5.76. The summed E-state index contributed by atoms with van der Waals surface area (Å²) >= 11 is 0. The van der Waals surface area contributed by atoms with Crippen LogP contribution in [0.2, 0.25) is 0 Å². The summed E-state index contributed by atoms with van der Waals surface area (Å²) in [4.78, 5) is 24.2. The molecule has 2 aromatic carbocycles. The second-order valence-corrected chi connectivity index (χ2v) is 5.76. The number of amides is 1. The number of hydrogen-bond acceptors (Lipinski definition) is 5. The molecule has 7 nitrogen and oxygen atoms in total. The highest BCUT2D eigenvalue weighted by atomic mass is 19.1.